The molecule has 0 aliphatic rings. The van der Waals surface area contributed by atoms with Crippen molar-refractivity contribution in [3.05, 3.63) is 29.3 Å². The summed E-state index contributed by atoms with van der Waals surface area (Å²) in [5.41, 5.74) is 1.96. The molecule has 0 radical (unpaired) electrons. The average molecular weight is 276 g/mol. The van der Waals surface area contributed by atoms with Crippen LogP contribution in [-0.4, -0.2) is 24.9 Å². The normalized spacial score (nSPS) is 11.6. The second-order valence-electron chi connectivity index (χ2n) is 4.71. The molecule has 0 bridgehead atoms. The van der Waals surface area contributed by atoms with E-state index < -0.39 is 0 Å². The molecule has 3 heteroatoms. The van der Waals surface area contributed by atoms with Gasteiger partial charge in [-0.25, -0.2) is 0 Å². The van der Waals surface area contributed by atoms with Gasteiger partial charge in [0, 0.05) is 12.0 Å². The van der Waals surface area contributed by atoms with Crippen molar-refractivity contribution in [2.75, 3.05) is 13.7 Å². The minimum absolute atomic E-state index is 0.0858. The Labute approximate surface area is 121 Å². The standard InChI is InChI=1S/C17H24O3/c1-4-7-14(2)20-13-16-12-17(19-3)10-9-15(16)8-5-6-11-18/h9-10,12,14,18H,4,6-7,11,13H2,1-3H3. The maximum Gasteiger partial charge on any atom is 0.119 e. The molecular formula is C17H24O3. The van der Waals surface area contributed by atoms with Crippen molar-refractivity contribution < 1.29 is 14.6 Å². The molecule has 0 heterocycles. The van der Waals surface area contributed by atoms with E-state index in [2.05, 4.69) is 25.7 Å². The van der Waals surface area contributed by atoms with Crippen molar-refractivity contribution in [2.45, 2.75) is 45.8 Å². The van der Waals surface area contributed by atoms with Crippen LogP contribution in [0, 0.1) is 11.8 Å². The first-order valence-electron chi connectivity index (χ1n) is 7.09. The molecule has 0 saturated heterocycles. The monoisotopic (exact) mass is 276 g/mol. The van der Waals surface area contributed by atoms with Crippen molar-refractivity contribution >= 4 is 0 Å². The zero-order chi connectivity index (χ0) is 14.8. The number of methoxy groups -OCH3 is 1. The summed E-state index contributed by atoms with van der Waals surface area (Å²) in [5, 5.41) is 8.78. The number of ether oxygens (including phenoxy) is 2. The summed E-state index contributed by atoms with van der Waals surface area (Å²) in [6.45, 7) is 4.85. The molecule has 0 aliphatic carbocycles. The molecule has 1 rings (SSSR count). The quantitative estimate of drug-likeness (QED) is 0.778. The smallest absolute Gasteiger partial charge is 0.119 e. The summed E-state index contributed by atoms with van der Waals surface area (Å²) in [4.78, 5) is 0. The summed E-state index contributed by atoms with van der Waals surface area (Å²) in [5.74, 6) is 6.83. The molecule has 3 nitrogen and oxygen atoms in total. The maximum absolute atomic E-state index is 8.78. The lowest BCUT2D eigenvalue weighted by Crippen LogP contribution is -2.08. The number of hydrogen-bond donors (Lipinski definition) is 1. The molecule has 0 saturated carbocycles. The van der Waals surface area contributed by atoms with Crippen LogP contribution in [0.3, 0.4) is 0 Å². The molecule has 1 aromatic rings. The van der Waals surface area contributed by atoms with Gasteiger partial charge in [-0.15, -0.1) is 0 Å². The highest BCUT2D eigenvalue weighted by molar-refractivity contribution is 5.45. The number of rotatable bonds is 7. The molecule has 20 heavy (non-hydrogen) atoms. The predicted molar refractivity (Wildman–Crippen MR) is 80.7 cm³/mol. The number of benzene rings is 1. The average Bonchev–Trinajstić information content (AvgIpc) is 2.46. The molecular weight excluding hydrogens is 252 g/mol. The molecule has 1 atom stereocenters. The Balaban J connectivity index is 2.81. The minimum Gasteiger partial charge on any atom is -0.497 e. The van der Waals surface area contributed by atoms with Crippen molar-refractivity contribution in [3.63, 3.8) is 0 Å². The van der Waals surface area contributed by atoms with Crippen LogP contribution in [0.1, 0.15) is 44.2 Å². The van der Waals surface area contributed by atoms with E-state index in [9.17, 15) is 0 Å². The van der Waals surface area contributed by atoms with E-state index in [4.69, 9.17) is 14.6 Å². The Morgan fingerprint density at radius 1 is 1.35 bits per heavy atom. The van der Waals surface area contributed by atoms with Crippen LogP contribution < -0.4 is 4.74 Å². The molecule has 1 unspecified atom stereocenters. The fraction of sp³-hybridized carbons (Fsp3) is 0.529. The topological polar surface area (TPSA) is 38.7 Å². The number of aliphatic hydroxyl groups is 1. The van der Waals surface area contributed by atoms with Crippen LogP contribution >= 0.6 is 0 Å². The van der Waals surface area contributed by atoms with Gasteiger partial charge < -0.3 is 14.6 Å². The van der Waals surface area contributed by atoms with E-state index in [0.29, 0.717) is 13.0 Å². The third-order valence-corrected chi connectivity index (χ3v) is 2.99. The third-order valence-electron chi connectivity index (χ3n) is 2.99. The van der Waals surface area contributed by atoms with Crippen LogP contribution in [0.5, 0.6) is 5.75 Å². The Morgan fingerprint density at radius 2 is 2.15 bits per heavy atom. The van der Waals surface area contributed by atoms with Gasteiger partial charge in [-0.3, -0.25) is 0 Å². The molecule has 110 valence electrons. The lowest BCUT2D eigenvalue weighted by molar-refractivity contribution is 0.0470. The molecule has 1 N–H and O–H groups in total. The maximum atomic E-state index is 8.78. The first-order chi connectivity index (χ1) is 9.71. The summed E-state index contributed by atoms with van der Waals surface area (Å²) in [6, 6.07) is 5.79. The molecule has 0 amide bonds. The molecule has 0 aliphatic heterocycles. The summed E-state index contributed by atoms with van der Waals surface area (Å²) >= 11 is 0. The van der Waals surface area contributed by atoms with Gasteiger partial charge in [0.1, 0.15) is 5.75 Å². The fourth-order valence-electron chi connectivity index (χ4n) is 1.87. The summed E-state index contributed by atoms with van der Waals surface area (Å²) in [7, 11) is 1.65. The van der Waals surface area contributed by atoms with Gasteiger partial charge in [-0.05, 0) is 37.1 Å². The Morgan fingerprint density at radius 3 is 2.80 bits per heavy atom. The minimum atomic E-state index is 0.0858. The summed E-state index contributed by atoms with van der Waals surface area (Å²) in [6.07, 6.45) is 2.89. The van der Waals surface area contributed by atoms with Crippen molar-refractivity contribution in [2.24, 2.45) is 0 Å². The van der Waals surface area contributed by atoms with Gasteiger partial charge in [-0.1, -0.05) is 25.2 Å². The highest BCUT2D eigenvalue weighted by Gasteiger charge is 2.06. The van der Waals surface area contributed by atoms with Crippen LogP contribution in [-0.2, 0) is 11.3 Å². The van der Waals surface area contributed by atoms with E-state index >= 15 is 0 Å². The van der Waals surface area contributed by atoms with Crippen LogP contribution in [0.25, 0.3) is 0 Å². The largest absolute Gasteiger partial charge is 0.497 e. The van der Waals surface area contributed by atoms with Gasteiger partial charge in [0.25, 0.3) is 0 Å². The van der Waals surface area contributed by atoms with E-state index in [1.54, 1.807) is 7.11 Å². The first-order valence-corrected chi connectivity index (χ1v) is 7.09. The highest BCUT2D eigenvalue weighted by atomic mass is 16.5. The number of aliphatic hydroxyl groups excluding tert-OH is 1. The SMILES string of the molecule is CCCC(C)OCc1cc(OC)ccc1C#CCCO. The van der Waals surface area contributed by atoms with Crippen LogP contribution in [0.15, 0.2) is 18.2 Å². The lowest BCUT2D eigenvalue weighted by Gasteiger charge is -2.13. The fourth-order valence-corrected chi connectivity index (χ4v) is 1.87. The molecule has 0 fully saturated rings. The predicted octanol–water partition coefficient (Wildman–Crippen LogP) is 3.13. The lowest BCUT2D eigenvalue weighted by atomic mass is 10.1. The van der Waals surface area contributed by atoms with E-state index in [-0.39, 0.29) is 12.7 Å². The van der Waals surface area contributed by atoms with Crippen LogP contribution in [0.2, 0.25) is 0 Å². The van der Waals surface area contributed by atoms with Crippen molar-refractivity contribution in [1.29, 1.82) is 0 Å². The molecule has 1 aromatic carbocycles. The summed E-state index contributed by atoms with van der Waals surface area (Å²) < 4.78 is 11.1. The van der Waals surface area contributed by atoms with Gasteiger partial charge in [-0.2, -0.15) is 0 Å². The molecule has 0 spiro atoms. The zero-order valence-corrected chi connectivity index (χ0v) is 12.6. The second kappa shape index (κ2) is 9.41. The first kappa shape index (κ1) is 16.6. The van der Waals surface area contributed by atoms with E-state index in [1.807, 2.05) is 18.2 Å². The van der Waals surface area contributed by atoms with E-state index in [0.717, 1.165) is 29.7 Å². The van der Waals surface area contributed by atoms with Crippen molar-refractivity contribution in [3.8, 4) is 17.6 Å². The van der Waals surface area contributed by atoms with Crippen LogP contribution in [0.4, 0.5) is 0 Å². The Bertz CT molecular complexity index is 457. The second-order valence-corrected chi connectivity index (χ2v) is 4.71. The third kappa shape index (κ3) is 5.64. The molecule has 0 aromatic heterocycles. The zero-order valence-electron chi connectivity index (χ0n) is 12.6. The van der Waals surface area contributed by atoms with Gasteiger partial charge in [0.15, 0.2) is 0 Å². The number of hydrogen-bond acceptors (Lipinski definition) is 3. The Kier molecular flexibility index (Phi) is 7.79. The van der Waals surface area contributed by atoms with E-state index in [1.165, 1.54) is 0 Å². The Hall–Kier alpha value is -1.50. The van der Waals surface area contributed by atoms with Gasteiger partial charge in [0.05, 0.1) is 26.4 Å². The van der Waals surface area contributed by atoms with Gasteiger partial charge >= 0.3 is 0 Å². The highest BCUT2D eigenvalue weighted by Crippen LogP contribution is 2.19. The van der Waals surface area contributed by atoms with Gasteiger partial charge in [0.2, 0.25) is 0 Å². The van der Waals surface area contributed by atoms with Crippen molar-refractivity contribution in [1.82, 2.24) is 0 Å².